The third kappa shape index (κ3) is 8.06. The average molecular weight is 787 g/mol. The van der Waals surface area contributed by atoms with E-state index in [9.17, 15) is 9.90 Å². The highest BCUT2D eigenvalue weighted by molar-refractivity contribution is 7.29. The molecule has 0 unspecified atom stereocenters. The lowest BCUT2D eigenvalue weighted by atomic mass is 10.0. The molecule has 0 aliphatic carbocycles. The minimum atomic E-state index is -1.18. The second-order valence-electron chi connectivity index (χ2n) is 13.9. The molecule has 7 aromatic rings. The van der Waals surface area contributed by atoms with Crippen LogP contribution in [-0.4, -0.2) is 15.6 Å². The van der Waals surface area contributed by atoms with Crippen LogP contribution in [0.4, 0.5) is 0 Å². The van der Waals surface area contributed by atoms with Crippen LogP contribution in [0.25, 0.3) is 72.4 Å². The highest BCUT2D eigenvalue weighted by Crippen LogP contribution is 2.47. The van der Waals surface area contributed by atoms with Gasteiger partial charge in [0, 0.05) is 67.4 Å². The number of aromatic nitrogens is 1. The topological polar surface area (TPSA) is 46.6 Å². The zero-order valence-corrected chi connectivity index (χ0v) is 34.5. The van der Waals surface area contributed by atoms with Crippen LogP contribution in [0.15, 0.2) is 84.6 Å². The van der Waals surface area contributed by atoms with Gasteiger partial charge in [0.05, 0.1) is 6.57 Å². The molecular formula is C46H46N2O2S4. The van der Waals surface area contributed by atoms with E-state index in [1.54, 1.807) is 22.7 Å². The molecule has 5 heterocycles. The van der Waals surface area contributed by atoms with Crippen molar-refractivity contribution in [2.24, 2.45) is 0 Å². The first-order chi connectivity index (χ1) is 26.4. The first kappa shape index (κ1) is 38.0. The normalized spacial score (nSPS) is 11.9. The maximum atomic E-state index is 11.6. The molecule has 2 aromatic carbocycles. The lowest BCUT2D eigenvalue weighted by Crippen LogP contribution is -1.94. The summed E-state index contributed by atoms with van der Waals surface area (Å²) in [6.07, 6.45) is 13.2. The fourth-order valence-electron chi connectivity index (χ4n) is 7.39. The van der Waals surface area contributed by atoms with E-state index in [-0.39, 0.29) is 5.70 Å². The number of aliphatic carboxylic acids is 1. The number of carbonyl (C=O) groups is 1. The van der Waals surface area contributed by atoms with Crippen molar-refractivity contribution in [3.63, 3.8) is 0 Å². The summed E-state index contributed by atoms with van der Waals surface area (Å²) in [5.41, 5.74) is 6.36. The van der Waals surface area contributed by atoms with Crippen LogP contribution >= 0.6 is 45.3 Å². The Morgan fingerprint density at radius 3 is 1.96 bits per heavy atom. The molecule has 0 amide bonds. The number of nitrogens with zero attached hydrogens (tertiary/aromatic N) is 2. The highest BCUT2D eigenvalue weighted by atomic mass is 32.1. The van der Waals surface area contributed by atoms with Gasteiger partial charge >= 0.3 is 5.97 Å². The molecule has 0 spiro atoms. The van der Waals surface area contributed by atoms with E-state index in [0.717, 1.165) is 30.7 Å². The zero-order valence-electron chi connectivity index (χ0n) is 31.2. The second-order valence-corrected chi connectivity index (χ2v) is 18.2. The van der Waals surface area contributed by atoms with Gasteiger partial charge in [-0.2, -0.15) is 0 Å². The van der Waals surface area contributed by atoms with Crippen LogP contribution in [0, 0.1) is 6.57 Å². The van der Waals surface area contributed by atoms with E-state index < -0.39 is 5.97 Å². The van der Waals surface area contributed by atoms with E-state index in [1.165, 1.54) is 124 Å². The van der Waals surface area contributed by atoms with E-state index in [1.807, 2.05) is 22.7 Å². The smallest absolute Gasteiger partial charge is 0.333 e. The molecule has 5 aromatic heterocycles. The summed E-state index contributed by atoms with van der Waals surface area (Å²) in [6.45, 7) is 15.0. The predicted octanol–water partition coefficient (Wildman–Crippen LogP) is 15.3. The van der Waals surface area contributed by atoms with Crippen LogP contribution in [0.3, 0.4) is 0 Å². The molecule has 1 N–H and O–H groups in total. The lowest BCUT2D eigenvalue weighted by Gasteiger charge is -2.06. The third-order valence-electron chi connectivity index (χ3n) is 10.1. The van der Waals surface area contributed by atoms with E-state index in [0.29, 0.717) is 0 Å². The van der Waals surface area contributed by atoms with Crippen LogP contribution in [0.2, 0.25) is 0 Å². The van der Waals surface area contributed by atoms with Crippen molar-refractivity contribution >= 4 is 79.2 Å². The molecule has 54 heavy (non-hydrogen) atoms. The molecule has 276 valence electrons. The van der Waals surface area contributed by atoms with Gasteiger partial charge < -0.3 is 9.67 Å². The molecule has 4 nitrogen and oxygen atoms in total. The van der Waals surface area contributed by atoms with Crippen molar-refractivity contribution in [3.8, 4) is 39.7 Å². The predicted molar refractivity (Wildman–Crippen MR) is 236 cm³/mol. The average Bonchev–Trinajstić information content (AvgIpc) is 4.03. The largest absolute Gasteiger partial charge is 0.486 e. The van der Waals surface area contributed by atoms with Crippen molar-refractivity contribution in [1.29, 1.82) is 0 Å². The van der Waals surface area contributed by atoms with E-state index in [2.05, 4.69) is 109 Å². The summed E-state index contributed by atoms with van der Waals surface area (Å²) in [5.74, 6) is -1.18. The van der Waals surface area contributed by atoms with Crippen LogP contribution in [0.1, 0.15) is 88.1 Å². The maximum Gasteiger partial charge on any atom is 0.333 e. The third-order valence-corrected chi connectivity index (χ3v) is 15.2. The van der Waals surface area contributed by atoms with E-state index >= 15 is 0 Å². The first-order valence-corrected chi connectivity index (χ1v) is 22.5. The Kier molecular flexibility index (Phi) is 12.3. The van der Waals surface area contributed by atoms with Gasteiger partial charge in [-0.25, -0.2) is 4.85 Å². The number of carboxylic acid groups (broad SMARTS) is 1. The molecule has 0 saturated heterocycles. The number of thiophene rings is 4. The summed E-state index contributed by atoms with van der Waals surface area (Å²) >= 11 is 7.19. The summed E-state index contributed by atoms with van der Waals surface area (Å²) in [5, 5.41) is 12.1. The molecule has 7 rings (SSSR count). The van der Waals surface area contributed by atoms with Crippen molar-refractivity contribution in [2.45, 2.75) is 91.5 Å². The summed E-state index contributed by atoms with van der Waals surface area (Å²) in [7, 11) is 0. The number of hydrogen-bond donors (Lipinski definition) is 1. The van der Waals surface area contributed by atoms with Crippen LogP contribution < -0.4 is 0 Å². The van der Waals surface area contributed by atoms with Crippen LogP contribution in [0.5, 0.6) is 0 Å². The molecule has 0 atom stereocenters. The highest BCUT2D eigenvalue weighted by Gasteiger charge is 2.19. The van der Waals surface area contributed by atoms with Crippen LogP contribution in [-0.2, 0) is 24.2 Å². The van der Waals surface area contributed by atoms with Gasteiger partial charge in [-0.15, -0.1) is 45.3 Å². The number of para-hydroxylation sites is 1. The van der Waals surface area contributed by atoms with Crippen molar-refractivity contribution < 1.29 is 9.90 Å². The Balaban J connectivity index is 1.20. The first-order valence-electron chi connectivity index (χ1n) is 19.2. The van der Waals surface area contributed by atoms with Gasteiger partial charge in [0.1, 0.15) is 0 Å². The van der Waals surface area contributed by atoms with Gasteiger partial charge in [-0.05, 0) is 110 Å². The van der Waals surface area contributed by atoms with Crippen molar-refractivity contribution in [1.82, 2.24) is 4.57 Å². The lowest BCUT2D eigenvalue weighted by molar-refractivity contribution is -0.132. The fourth-order valence-corrected chi connectivity index (χ4v) is 12.1. The zero-order chi connectivity index (χ0) is 37.6. The Morgan fingerprint density at radius 1 is 0.667 bits per heavy atom. The number of unbranched alkanes of at least 4 members (excludes halogenated alkanes) is 6. The van der Waals surface area contributed by atoms with Gasteiger partial charge in [0.25, 0.3) is 5.70 Å². The number of carboxylic acids is 1. The molecule has 8 heteroatoms. The standard InChI is InChI=1S/C46H46N2O2S4/c1-5-8-10-12-16-30-26-33(29-36(47-4)46(49)50)51-45(30)42-25-24-40(53-42)39-22-23-41(52-39)43-28-31(17-13-11-9-6-2)44(54-43)32-20-21-38-35(27-32)34-18-14-15-19-37(34)48(38)7-3/h14-15,18-29H,5-13,16-17H2,1-3H3,(H,49,50)/b36-29-. The van der Waals surface area contributed by atoms with Gasteiger partial charge in [0.2, 0.25) is 0 Å². The number of rotatable bonds is 17. The molecule has 0 aliphatic heterocycles. The summed E-state index contributed by atoms with van der Waals surface area (Å²) in [4.78, 5) is 24.6. The molecule has 0 saturated carbocycles. The summed E-state index contributed by atoms with van der Waals surface area (Å²) in [6, 6.07) is 29.4. The molecule has 0 radical (unpaired) electrons. The van der Waals surface area contributed by atoms with Gasteiger partial charge in [-0.3, -0.25) is 4.79 Å². The quantitative estimate of drug-likeness (QED) is 0.0568. The minimum Gasteiger partial charge on any atom is -0.486 e. The Labute approximate surface area is 334 Å². The maximum absolute atomic E-state index is 11.6. The minimum absolute atomic E-state index is 0.246. The van der Waals surface area contributed by atoms with Gasteiger partial charge in [0.15, 0.2) is 0 Å². The van der Waals surface area contributed by atoms with Gasteiger partial charge in [-0.1, -0.05) is 76.6 Å². The number of benzene rings is 2. The number of hydrogen-bond acceptors (Lipinski definition) is 5. The summed E-state index contributed by atoms with van der Waals surface area (Å²) < 4.78 is 2.43. The number of aryl methyl sites for hydroxylation is 3. The Bertz CT molecular complexity index is 2480. The molecule has 0 bridgehead atoms. The van der Waals surface area contributed by atoms with Crippen molar-refractivity contribution in [2.75, 3.05) is 0 Å². The monoisotopic (exact) mass is 786 g/mol. The van der Waals surface area contributed by atoms with E-state index in [4.69, 9.17) is 6.57 Å². The fraction of sp³-hybridized carbons (Fsp3) is 0.304. The molecule has 0 fully saturated rings. The number of fused-ring (bicyclic) bond motifs is 3. The molecule has 0 aliphatic rings. The molecular weight excluding hydrogens is 741 g/mol. The SMILES string of the molecule is [C-]#[N+]/C(=C\c1cc(CCCCCC)c(-c2ccc(-c3ccc(-c4cc(CCCCCC)c(-c5ccc6c(c5)c5ccccc5n6CC)s4)s3)s2)s1)C(=O)O. The second kappa shape index (κ2) is 17.5. The Morgan fingerprint density at radius 2 is 1.30 bits per heavy atom. The Hall–Kier alpha value is -4.26. The van der Waals surface area contributed by atoms with Crippen molar-refractivity contribution in [3.05, 3.63) is 112 Å².